The third-order valence-electron chi connectivity index (χ3n) is 2.48. The fourth-order valence-corrected chi connectivity index (χ4v) is 1.57. The summed E-state index contributed by atoms with van der Waals surface area (Å²) in [7, 11) is 1.29. The molecule has 0 amide bonds. The molecule has 0 unspecified atom stereocenters. The standard InChI is InChI=1S/C12H9F2NO4/c1-18-9-3-2-6(4-7(9)11(13)14)10-5-8(12(16)17)15-19-10/h2-5,11H,1H3,(H,16,17). The van der Waals surface area contributed by atoms with E-state index in [1.807, 2.05) is 0 Å². The molecule has 2 aromatic rings. The summed E-state index contributed by atoms with van der Waals surface area (Å²) in [4.78, 5) is 10.7. The van der Waals surface area contributed by atoms with Crippen molar-refractivity contribution in [3.05, 3.63) is 35.5 Å². The molecule has 1 N–H and O–H groups in total. The molecule has 19 heavy (non-hydrogen) atoms. The van der Waals surface area contributed by atoms with Crippen LogP contribution in [0, 0.1) is 0 Å². The zero-order valence-electron chi connectivity index (χ0n) is 9.76. The SMILES string of the molecule is COc1ccc(-c2cc(C(=O)O)no2)cc1C(F)F. The topological polar surface area (TPSA) is 72.6 Å². The molecule has 1 heterocycles. The maximum atomic E-state index is 12.8. The number of carboxylic acid groups (broad SMARTS) is 1. The largest absolute Gasteiger partial charge is 0.496 e. The van der Waals surface area contributed by atoms with Gasteiger partial charge in [0, 0.05) is 11.6 Å². The van der Waals surface area contributed by atoms with Crippen LogP contribution >= 0.6 is 0 Å². The molecule has 7 heteroatoms. The van der Waals surface area contributed by atoms with E-state index in [2.05, 4.69) is 5.16 Å². The molecule has 0 bridgehead atoms. The third kappa shape index (κ3) is 2.54. The van der Waals surface area contributed by atoms with Gasteiger partial charge in [-0.1, -0.05) is 5.16 Å². The Hall–Kier alpha value is -2.44. The number of aromatic nitrogens is 1. The molecular formula is C12H9F2NO4. The first-order chi connectivity index (χ1) is 9.02. The highest BCUT2D eigenvalue weighted by molar-refractivity contribution is 5.86. The Morgan fingerprint density at radius 1 is 1.42 bits per heavy atom. The summed E-state index contributed by atoms with van der Waals surface area (Å²) in [6.07, 6.45) is -2.71. The second-order valence-electron chi connectivity index (χ2n) is 3.64. The number of benzene rings is 1. The number of nitrogens with zero attached hydrogens (tertiary/aromatic N) is 1. The Balaban J connectivity index is 2.44. The first-order valence-corrected chi connectivity index (χ1v) is 5.19. The Labute approximate surface area is 106 Å². The number of carboxylic acids is 1. The van der Waals surface area contributed by atoms with Crippen molar-refractivity contribution in [1.82, 2.24) is 5.16 Å². The lowest BCUT2D eigenvalue weighted by molar-refractivity contribution is 0.0685. The van der Waals surface area contributed by atoms with Crippen LogP contribution in [0.1, 0.15) is 22.5 Å². The smallest absolute Gasteiger partial charge is 0.358 e. The first-order valence-electron chi connectivity index (χ1n) is 5.19. The van der Waals surface area contributed by atoms with Gasteiger partial charge in [0.25, 0.3) is 6.43 Å². The fraction of sp³-hybridized carbons (Fsp3) is 0.167. The highest BCUT2D eigenvalue weighted by atomic mass is 19.3. The maximum Gasteiger partial charge on any atom is 0.358 e. The van der Waals surface area contributed by atoms with Gasteiger partial charge in [-0.25, -0.2) is 13.6 Å². The Kier molecular flexibility index (Phi) is 3.46. The molecular weight excluding hydrogens is 260 g/mol. The first kappa shape index (κ1) is 13.0. The number of methoxy groups -OCH3 is 1. The number of rotatable bonds is 4. The van der Waals surface area contributed by atoms with E-state index in [-0.39, 0.29) is 22.8 Å². The molecule has 0 saturated heterocycles. The number of aromatic carboxylic acids is 1. The molecule has 0 aliphatic rings. The van der Waals surface area contributed by atoms with E-state index >= 15 is 0 Å². The average molecular weight is 269 g/mol. The van der Waals surface area contributed by atoms with Crippen molar-refractivity contribution in [1.29, 1.82) is 0 Å². The van der Waals surface area contributed by atoms with Crippen LogP contribution in [-0.2, 0) is 0 Å². The number of ether oxygens (including phenoxy) is 1. The lowest BCUT2D eigenvalue weighted by Crippen LogP contribution is -1.94. The molecule has 0 atom stereocenters. The van der Waals surface area contributed by atoms with Gasteiger partial charge < -0.3 is 14.4 Å². The molecule has 100 valence electrons. The van der Waals surface area contributed by atoms with Gasteiger partial charge >= 0.3 is 5.97 Å². The Morgan fingerprint density at radius 3 is 2.68 bits per heavy atom. The molecule has 5 nitrogen and oxygen atoms in total. The monoisotopic (exact) mass is 269 g/mol. The Bertz CT molecular complexity index is 610. The predicted octanol–water partition coefficient (Wildman–Crippen LogP) is 2.99. The summed E-state index contributed by atoms with van der Waals surface area (Å²) < 4.78 is 35.3. The highest BCUT2D eigenvalue weighted by Crippen LogP contribution is 2.33. The minimum Gasteiger partial charge on any atom is -0.496 e. The van der Waals surface area contributed by atoms with Gasteiger partial charge in [0.05, 0.1) is 12.7 Å². The molecule has 0 fully saturated rings. The zero-order valence-corrected chi connectivity index (χ0v) is 9.76. The van der Waals surface area contributed by atoms with E-state index in [0.717, 1.165) is 0 Å². The van der Waals surface area contributed by atoms with Crippen LogP contribution in [0.4, 0.5) is 8.78 Å². The molecule has 0 radical (unpaired) electrons. The highest BCUT2D eigenvalue weighted by Gasteiger charge is 2.18. The Morgan fingerprint density at radius 2 is 2.16 bits per heavy atom. The van der Waals surface area contributed by atoms with E-state index in [9.17, 15) is 13.6 Å². The molecule has 1 aromatic heterocycles. The van der Waals surface area contributed by atoms with E-state index in [0.29, 0.717) is 5.56 Å². The van der Waals surface area contributed by atoms with E-state index < -0.39 is 12.4 Å². The number of hydrogen-bond donors (Lipinski definition) is 1. The molecule has 0 aliphatic carbocycles. The van der Waals surface area contributed by atoms with Gasteiger partial charge in [-0.2, -0.15) is 0 Å². The van der Waals surface area contributed by atoms with Crippen LogP contribution in [0.5, 0.6) is 5.75 Å². The molecule has 0 aliphatic heterocycles. The fourth-order valence-electron chi connectivity index (χ4n) is 1.57. The predicted molar refractivity (Wildman–Crippen MR) is 60.4 cm³/mol. The van der Waals surface area contributed by atoms with Crippen molar-refractivity contribution in [2.24, 2.45) is 0 Å². The summed E-state index contributed by atoms with van der Waals surface area (Å²) in [5, 5.41) is 12.0. The summed E-state index contributed by atoms with van der Waals surface area (Å²) in [6, 6.07) is 5.19. The summed E-state index contributed by atoms with van der Waals surface area (Å²) >= 11 is 0. The van der Waals surface area contributed by atoms with Crippen molar-refractivity contribution in [2.45, 2.75) is 6.43 Å². The van der Waals surface area contributed by atoms with Gasteiger partial charge in [0.1, 0.15) is 5.75 Å². The van der Waals surface area contributed by atoms with Gasteiger partial charge in [-0.15, -0.1) is 0 Å². The lowest BCUT2D eigenvalue weighted by atomic mass is 10.1. The molecule has 0 saturated carbocycles. The van der Waals surface area contributed by atoms with Crippen molar-refractivity contribution >= 4 is 5.97 Å². The van der Waals surface area contributed by atoms with E-state index in [4.69, 9.17) is 14.4 Å². The summed E-state index contributed by atoms with van der Waals surface area (Å²) in [6.45, 7) is 0. The molecule has 1 aromatic carbocycles. The normalized spacial score (nSPS) is 10.7. The van der Waals surface area contributed by atoms with E-state index in [1.54, 1.807) is 0 Å². The molecule has 0 spiro atoms. The average Bonchev–Trinajstić information content (AvgIpc) is 2.87. The second kappa shape index (κ2) is 5.05. The number of hydrogen-bond acceptors (Lipinski definition) is 4. The number of halogens is 2. The minimum atomic E-state index is -2.71. The van der Waals surface area contributed by atoms with Crippen LogP contribution < -0.4 is 4.74 Å². The van der Waals surface area contributed by atoms with Crippen molar-refractivity contribution < 1.29 is 27.9 Å². The van der Waals surface area contributed by atoms with Crippen molar-refractivity contribution in [2.75, 3.05) is 7.11 Å². The third-order valence-corrected chi connectivity index (χ3v) is 2.48. The number of alkyl halides is 2. The van der Waals surface area contributed by atoms with Crippen LogP contribution in [0.25, 0.3) is 11.3 Å². The maximum absolute atomic E-state index is 12.8. The van der Waals surface area contributed by atoms with Crippen LogP contribution in [0.3, 0.4) is 0 Å². The van der Waals surface area contributed by atoms with Crippen molar-refractivity contribution in [3.8, 4) is 17.1 Å². The zero-order chi connectivity index (χ0) is 14.0. The van der Waals surface area contributed by atoms with Gasteiger partial charge in [-0.3, -0.25) is 0 Å². The van der Waals surface area contributed by atoms with Gasteiger partial charge in [-0.05, 0) is 18.2 Å². The van der Waals surface area contributed by atoms with Crippen LogP contribution in [-0.4, -0.2) is 23.3 Å². The van der Waals surface area contributed by atoms with E-state index in [1.165, 1.54) is 31.4 Å². The van der Waals surface area contributed by atoms with Crippen LogP contribution in [0.15, 0.2) is 28.8 Å². The van der Waals surface area contributed by atoms with Crippen LogP contribution in [0.2, 0.25) is 0 Å². The quantitative estimate of drug-likeness (QED) is 0.923. The number of carbonyl (C=O) groups is 1. The lowest BCUT2D eigenvalue weighted by Gasteiger charge is -2.08. The van der Waals surface area contributed by atoms with Crippen molar-refractivity contribution in [3.63, 3.8) is 0 Å². The van der Waals surface area contributed by atoms with Gasteiger partial charge in [0.2, 0.25) is 0 Å². The second-order valence-corrected chi connectivity index (χ2v) is 3.64. The summed E-state index contributed by atoms with van der Waals surface area (Å²) in [5.74, 6) is -1.10. The molecule has 2 rings (SSSR count). The van der Waals surface area contributed by atoms with Gasteiger partial charge in [0.15, 0.2) is 11.5 Å². The summed E-state index contributed by atoms with van der Waals surface area (Å²) in [5.41, 5.74) is -0.284. The minimum absolute atomic E-state index is 0.0525.